The number of rotatable bonds is 2. The topological polar surface area (TPSA) is 38.9 Å². The molecule has 0 spiro atoms. The highest BCUT2D eigenvalue weighted by Gasteiger charge is 1.90. The molecule has 0 aromatic carbocycles. The van der Waals surface area contributed by atoms with Gasteiger partial charge in [0.2, 0.25) is 0 Å². The number of allylic oxidation sites excluding steroid dienone is 1. The molecule has 0 amide bonds. The Balaban J connectivity index is 2.86. The molecular weight excluding hydrogens is 136 g/mol. The molecule has 0 bridgehead atoms. The minimum absolute atomic E-state index is 0.595. The molecule has 0 unspecified atom stereocenters. The van der Waals surface area contributed by atoms with Gasteiger partial charge >= 0.3 is 0 Å². The number of anilines is 1. The number of nitrogens with two attached hydrogens (primary N) is 1. The fourth-order valence-corrected chi connectivity index (χ4v) is 0.816. The molecule has 2 N–H and O–H groups in total. The van der Waals surface area contributed by atoms with Crippen molar-refractivity contribution in [2.75, 3.05) is 5.73 Å². The van der Waals surface area contributed by atoms with E-state index in [-0.39, 0.29) is 0 Å². The number of nitrogen functional groups attached to an aromatic ring is 1. The van der Waals surface area contributed by atoms with Crippen molar-refractivity contribution in [1.29, 1.82) is 0 Å². The van der Waals surface area contributed by atoms with Crippen LogP contribution in [-0.4, -0.2) is 4.98 Å². The first kappa shape index (κ1) is 7.79. The molecule has 11 heavy (non-hydrogen) atoms. The van der Waals surface area contributed by atoms with E-state index in [1.807, 2.05) is 18.2 Å². The molecule has 1 aromatic rings. The lowest BCUT2D eigenvalue weighted by atomic mass is 10.2. The van der Waals surface area contributed by atoms with Crippen molar-refractivity contribution in [2.45, 2.75) is 13.3 Å². The molecule has 2 heteroatoms. The SMILES string of the molecule is CC/C=C/c1cccnc1N. The third-order valence-corrected chi connectivity index (χ3v) is 1.40. The van der Waals surface area contributed by atoms with Crippen LogP contribution in [0.15, 0.2) is 24.4 Å². The Labute approximate surface area is 66.8 Å². The lowest BCUT2D eigenvalue weighted by Gasteiger charge is -1.95. The van der Waals surface area contributed by atoms with Crippen LogP contribution in [0.2, 0.25) is 0 Å². The molecule has 0 aliphatic rings. The molecule has 2 nitrogen and oxygen atoms in total. The van der Waals surface area contributed by atoms with Crippen molar-refractivity contribution in [3.05, 3.63) is 30.0 Å². The van der Waals surface area contributed by atoms with E-state index in [0.717, 1.165) is 12.0 Å². The Morgan fingerprint density at radius 2 is 2.45 bits per heavy atom. The number of hydrogen-bond donors (Lipinski definition) is 1. The summed E-state index contributed by atoms with van der Waals surface area (Å²) in [4.78, 5) is 3.96. The maximum absolute atomic E-state index is 5.60. The van der Waals surface area contributed by atoms with E-state index in [1.165, 1.54) is 0 Å². The number of pyridine rings is 1. The summed E-state index contributed by atoms with van der Waals surface area (Å²) in [5.41, 5.74) is 6.59. The highest BCUT2D eigenvalue weighted by Crippen LogP contribution is 2.08. The van der Waals surface area contributed by atoms with Crippen LogP contribution in [-0.2, 0) is 0 Å². The van der Waals surface area contributed by atoms with Gasteiger partial charge in [0, 0.05) is 11.8 Å². The van der Waals surface area contributed by atoms with E-state index < -0.39 is 0 Å². The Bertz CT molecular complexity index is 253. The van der Waals surface area contributed by atoms with Crippen molar-refractivity contribution in [3.63, 3.8) is 0 Å². The van der Waals surface area contributed by atoms with E-state index in [2.05, 4.69) is 18.0 Å². The Morgan fingerprint density at radius 1 is 1.64 bits per heavy atom. The van der Waals surface area contributed by atoms with Crippen LogP contribution in [0.25, 0.3) is 6.08 Å². The van der Waals surface area contributed by atoms with Crippen LogP contribution >= 0.6 is 0 Å². The van der Waals surface area contributed by atoms with Crippen LogP contribution in [0, 0.1) is 0 Å². The molecule has 0 radical (unpaired) electrons. The van der Waals surface area contributed by atoms with Gasteiger partial charge in [0.25, 0.3) is 0 Å². The third-order valence-electron chi connectivity index (χ3n) is 1.40. The number of aromatic nitrogens is 1. The molecule has 0 atom stereocenters. The van der Waals surface area contributed by atoms with E-state index >= 15 is 0 Å². The van der Waals surface area contributed by atoms with Gasteiger partial charge in [0.15, 0.2) is 0 Å². The van der Waals surface area contributed by atoms with Crippen molar-refractivity contribution < 1.29 is 0 Å². The lowest BCUT2D eigenvalue weighted by molar-refractivity contribution is 1.23. The quantitative estimate of drug-likeness (QED) is 0.697. The average Bonchev–Trinajstić information content (AvgIpc) is 2.03. The molecule has 0 aliphatic heterocycles. The predicted octanol–water partition coefficient (Wildman–Crippen LogP) is 2.09. The summed E-state index contributed by atoms with van der Waals surface area (Å²) >= 11 is 0. The second-order valence-corrected chi connectivity index (χ2v) is 2.29. The zero-order valence-electron chi connectivity index (χ0n) is 6.62. The standard InChI is InChI=1S/C9H12N2/c1-2-3-5-8-6-4-7-11-9(8)10/h3-7H,2H2,1H3,(H2,10,11)/b5-3+. The molecule has 1 aromatic heterocycles. The van der Waals surface area contributed by atoms with Gasteiger partial charge in [-0.25, -0.2) is 4.98 Å². The largest absolute Gasteiger partial charge is 0.383 e. The minimum Gasteiger partial charge on any atom is -0.383 e. The zero-order valence-corrected chi connectivity index (χ0v) is 6.62. The van der Waals surface area contributed by atoms with Gasteiger partial charge in [-0.05, 0) is 18.6 Å². The predicted molar refractivity (Wildman–Crippen MR) is 48.0 cm³/mol. The molecule has 0 aliphatic carbocycles. The Kier molecular flexibility index (Phi) is 2.66. The fraction of sp³-hybridized carbons (Fsp3) is 0.222. The first-order valence-corrected chi connectivity index (χ1v) is 3.71. The molecule has 0 saturated heterocycles. The molecule has 58 valence electrons. The first-order chi connectivity index (χ1) is 5.34. The van der Waals surface area contributed by atoms with Crippen LogP contribution in [0.4, 0.5) is 5.82 Å². The van der Waals surface area contributed by atoms with Gasteiger partial charge < -0.3 is 5.73 Å². The van der Waals surface area contributed by atoms with Crippen molar-refractivity contribution in [3.8, 4) is 0 Å². The minimum atomic E-state index is 0.595. The highest BCUT2D eigenvalue weighted by molar-refractivity contribution is 5.60. The first-order valence-electron chi connectivity index (χ1n) is 3.71. The van der Waals surface area contributed by atoms with Gasteiger partial charge in [-0.2, -0.15) is 0 Å². The summed E-state index contributed by atoms with van der Waals surface area (Å²) in [7, 11) is 0. The second kappa shape index (κ2) is 3.76. The smallest absolute Gasteiger partial charge is 0.130 e. The monoisotopic (exact) mass is 148 g/mol. The maximum atomic E-state index is 5.60. The summed E-state index contributed by atoms with van der Waals surface area (Å²) in [6.07, 6.45) is 6.77. The molecular formula is C9H12N2. The van der Waals surface area contributed by atoms with E-state index in [9.17, 15) is 0 Å². The van der Waals surface area contributed by atoms with E-state index in [1.54, 1.807) is 6.20 Å². The van der Waals surface area contributed by atoms with Crippen molar-refractivity contribution >= 4 is 11.9 Å². The molecule has 1 heterocycles. The third kappa shape index (κ3) is 2.08. The molecule has 0 fully saturated rings. The zero-order chi connectivity index (χ0) is 8.10. The number of nitrogens with zero attached hydrogens (tertiary/aromatic N) is 1. The molecule has 1 rings (SSSR count). The summed E-state index contributed by atoms with van der Waals surface area (Å²) < 4.78 is 0. The van der Waals surface area contributed by atoms with Gasteiger partial charge in [-0.3, -0.25) is 0 Å². The maximum Gasteiger partial charge on any atom is 0.130 e. The normalized spacial score (nSPS) is 10.6. The van der Waals surface area contributed by atoms with E-state index in [4.69, 9.17) is 5.73 Å². The van der Waals surface area contributed by atoms with Gasteiger partial charge in [-0.15, -0.1) is 0 Å². The molecule has 0 saturated carbocycles. The summed E-state index contributed by atoms with van der Waals surface area (Å²) in [6.45, 7) is 2.09. The Hall–Kier alpha value is -1.31. The summed E-state index contributed by atoms with van der Waals surface area (Å²) in [6, 6.07) is 3.83. The van der Waals surface area contributed by atoms with Gasteiger partial charge in [0.1, 0.15) is 5.82 Å². The van der Waals surface area contributed by atoms with Crippen molar-refractivity contribution in [2.24, 2.45) is 0 Å². The summed E-state index contributed by atoms with van der Waals surface area (Å²) in [5, 5.41) is 0. The van der Waals surface area contributed by atoms with Crippen LogP contribution in [0.5, 0.6) is 0 Å². The summed E-state index contributed by atoms with van der Waals surface area (Å²) in [5.74, 6) is 0.595. The van der Waals surface area contributed by atoms with Crippen LogP contribution < -0.4 is 5.73 Å². The highest BCUT2D eigenvalue weighted by atomic mass is 14.8. The van der Waals surface area contributed by atoms with Gasteiger partial charge in [0.05, 0.1) is 0 Å². The van der Waals surface area contributed by atoms with E-state index in [0.29, 0.717) is 5.82 Å². The second-order valence-electron chi connectivity index (χ2n) is 2.29. The average molecular weight is 148 g/mol. The van der Waals surface area contributed by atoms with Crippen molar-refractivity contribution in [1.82, 2.24) is 4.98 Å². The Morgan fingerprint density at radius 3 is 3.09 bits per heavy atom. The van der Waals surface area contributed by atoms with Crippen LogP contribution in [0.1, 0.15) is 18.9 Å². The lowest BCUT2D eigenvalue weighted by Crippen LogP contribution is -1.91. The van der Waals surface area contributed by atoms with Crippen LogP contribution in [0.3, 0.4) is 0 Å². The number of hydrogen-bond acceptors (Lipinski definition) is 2. The fourth-order valence-electron chi connectivity index (χ4n) is 0.816. The van der Waals surface area contributed by atoms with Gasteiger partial charge in [-0.1, -0.05) is 19.1 Å².